The van der Waals surface area contributed by atoms with E-state index in [1.807, 2.05) is 34.9 Å². The number of aromatic amines is 1. The summed E-state index contributed by atoms with van der Waals surface area (Å²) < 4.78 is 1.83. The van der Waals surface area contributed by atoms with Gasteiger partial charge in [-0.05, 0) is 30.3 Å². The van der Waals surface area contributed by atoms with Crippen molar-refractivity contribution in [2.24, 2.45) is 0 Å². The summed E-state index contributed by atoms with van der Waals surface area (Å²) >= 11 is 0. The van der Waals surface area contributed by atoms with Crippen LogP contribution in [-0.4, -0.2) is 25.3 Å². The van der Waals surface area contributed by atoms with Crippen molar-refractivity contribution < 1.29 is 4.79 Å². The van der Waals surface area contributed by atoms with Crippen LogP contribution in [0.2, 0.25) is 0 Å². The maximum absolute atomic E-state index is 12.3. The number of aromatic nitrogens is 4. The minimum atomic E-state index is -0.206. The predicted octanol–water partition coefficient (Wildman–Crippen LogP) is 2.46. The molecule has 6 heteroatoms. The second kappa shape index (κ2) is 4.45. The van der Waals surface area contributed by atoms with Gasteiger partial charge in [0, 0.05) is 11.8 Å². The fourth-order valence-electron chi connectivity index (χ4n) is 2.29. The average Bonchev–Trinajstić information content (AvgIpc) is 3.13. The fraction of sp³-hybridized carbons (Fsp3) is 0. The predicted molar refractivity (Wildman–Crippen MR) is 79.2 cm³/mol. The zero-order chi connectivity index (χ0) is 14.2. The molecule has 0 aliphatic heterocycles. The van der Waals surface area contributed by atoms with Gasteiger partial charge in [-0.25, -0.2) is 9.97 Å². The van der Waals surface area contributed by atoms with Crippen LogP contribution < -0.4 is 5.32 Å². The molecule has 2 N–H and O–H groups in total. The summed E-state index contributed by atoms with van der Waals surface area (Å²) in [6.07, 6.45) is 5.18. The summed E-state index contributed by atoms with van der Waals surface area (Å²) in [7, 11) is 0. The summed E-state index contributed by atoms with van der Waals surface area (Å²) in [6, 6.07) is 11.1. The highest BCUT2D eigenvalue weighted by molar-refractivity contribution is 6.05. The third-order valence-corrected chi connectivity index (χ3v) is 3.35. The lowest BCUT2D eigenvalue weighted by molar-refractivity contribution is 0.102. The van der Waals surface area contributed by atoms with E-state index in [0.29, 0.717) is 11.5 Å². The lowest BCUT2D eigenvalue weighted by Gasteiger charge is -2.04. The second-order valence-electron chi connectivity index (χ2n) is 4.67. The Hall–Kier alpha value is -3.15. The molecule has 0 saturated carbocycles. The van der Waals surface area contributed by atoms with Gasteiger partial charge in [0.2, 0.25) is 5.95 Å². The van der Waals surface area contributed by atoms with Crippen LogP contribution >= 0.6 is 0 Å². The van der Waals surface area contributed by atoms with Crippen molar-refractivity contribution in [2.45, 2.75) is 0 Å². The molecule has 102 valence electrons. The van der Waals surface area contributed by atoms with E-state index in [2.05, 4.69) is 20.3 Å². The summed E-state index contributed by atoms with van der Waals surface area (Å²) in [5.41, 5.74) is 3.14. The van der Waals surface area contributed by atoms with Crippen molar-refractivity contribution in [3.05, 3.63) is 60.7 Å². The van der Waals surface area contributed by atoms with E-state index in [0.717, 1.165) is 16.6 Å². The highest BCUT2D eigenvalue weighted by Gasteiger charge is 2.11. The Morgan fingerprint density at radius 3 is 3.10 bits per heavy atom. The number of H-pyrrole nitrogens is 1. The SMILES string of the molecule is O=C(Nc1ncc2ccccn12)c1ccc2nc[nH]c2c1. The summed E-state index contributed by atoms with van der Waals surface area (Å²) in [5, 5.41) is 2.82. The number of rotatable bonds is 2. The van der Waals surface area contributed by atoms with Crippen LogP contribution in [0.1, 0.15) is 10.4 Å². The maximum Gasteiger partial charge on any atom is 0.258 e. The van der Waals surface area contributed by atoms with Crippen LogP contribution in [0, 0.1) is 0 Å². The molecule has 0 aliphatic rings. The number of nitrogens with zero attached hydrogens (tertiary/aromatic N) is 3. The van der Waals surface area contributed by atoms with Crippen LogP contribution in [0.3, 0.4) is 0 Å². The molecule has 0 fully saturated rings. The first kappa shape index (κ1) is 11.7. The van der Waals surface area contributed by atoms with Gasteiger partial charge in [-0.3, -0.25) is 14.5 Å². The highest BCUT2D eigenvalue weighted by Crippen LogP contribution is 2.15. The second-order valence-corrected chi connectivity index (χ2v) is 4.67. The van der Waals surface area contributed by atoms with Gasteiger partial charge in [-0.1, -0.05) is 6.07 Å². The Kier molecular flexibility index (Phi) is 2.47. The minimum Gasteiger partial charge on any atom is -0.345 e. The number of anilines is 1. The van der Waals surface area contributed by atoms with E-state index in [9.17, 15) is 4.79 Å². The molecule has 1 amide bonds. The van der Waals surface area contributed by atoms with Crippen molar-refractivity contribution in [1.82, 2.24) is 19.4 Å². The van der Waals surface area contributed by atoms with Gasteiger partial charge in [0.15, 0.2) is 0 Å². The molecule has 4 rings (SSSR count). The number of imidazole rings is 2. The number of carbonyl (C=O) groups excluding carboxylic acids is 1. The van der Waals surface area contributed by atoms with Crippen LogP contribution in [-0.2, 0) is 0 Å². The summed E-state index contributed by atoms with van der Waals surface area (Å²) in [6.45, 7) is 0. The topological polar surface area (TPSA) is 75.1 Å². The van der Waals surface area contributed by atoms with Gasteiger partial charge in [0.1, 0.15) is 0 Å². The molecule has 1 aromatic carbocycles. The van der Waals surface area contributed by atoms with E-state index in [4.69, 9.17) is 0 Å². The Balaban J connectivity index is 1.68. The van der Waals surface area contributed by atoms with Gasteiger partial charge in [-0.2, -0.15) is 0 Å². The number of hydrogen-bond acceptors (Lipinski definition) is 3. The van der Waals surface area contributed by atoms with E-state index in [-0.39, 0.29) is 5.91 Å². The van der Waals surface area contributed by atoms with Crippen molar-refractivity contribution in [3.63, 3.8) is 0 Å². The number of fused-ring (bicyclic) bond motifs is 2. The summed E-state index contributed by atoms with van der Waals surface area (Å²) in [4.78, 5) is 23.7. The Labute approximate surface area is 119 Å². The van der Waals surface area contributed by atoms with Crippen LogP contribution in [0.15, 0.2) is 55.1 Å². The monoisotopic (exact) mass is 277 g/mol. The molecule has 0 bridgehead atoms. The molecule has 3 aromatic heterocycles. The van der Waals surface area contributed by atoms with E-state index in [1.54, 1.807) is 24.7 Å². The van der Waals surface area contributed by atoms with E-state index in [1.165, 1.54) is 0 Å². The summed E-state index contributed by atoms with van der Waals surface area (Å²) in [5.74, 6) is 0.295. The zero-order valence-electron chi connectivity index (χ0n) is 10.9. The molecule has 0 atom stereocenters. The van der Waals surface area contributed by atoms with Crippen LogP contribution in [0.25, 0.3) is 16.6 Å². The molecule has 21 heavy (non-hydrogen) atoms. The zero-order valence-corrected chi connectivity index (χ0v) is 10.9. The molecule has 0 radical (unpaired) electrons. The molecule has 3 heterocycles. The lowest BCUT2D eigenvalue weighted by atomic mass is 10.2. The first-order valence-electron chi connectivity index (χ1n) is 6.48. The number of carbonyl (C=O) groups is 1. The van der Waals surface area contributed by atoms with Crippen LogP contribution in [0.4, 0.5) is 5.95 Å². The van der Waals surface area contributed by atoms with Crippen molar-refractivity contribution in [3.8, 4) is 0 Å². The normalized spacial score (nSPS) is 11.0. The third kappa shape index (κ3) is 1.93. The standard InChI is InChI=1S/C15H11N5O/c21-14(10-4-5-12-13(7-10)18-9-17-12)19-15-16-8-11-3-1-2-6-20(11)15/h1-9H,(H,17,18)(H,16,19,21). The van der Waals surface area contributed by atoms with Crippen LogP contribution in [0.5, 0.6) is 0 Å². The fourth-order valence-corrected chi connectivity index (χ4v) is 2.29. The number of nitrogens with one attached hydrogen (secondary N) is 2. The Morgan fingerprint density at radius 1 is 1.19 bits per heavy atom. The van der Waals surface area contributed by atoms with Gasteiger partial charge in [0.25, 0.3) is 5.91 Å². The first-order valence-corrected chi connectivity index (χ1v) is 6.48. The van der Waals surface area contributed by atoms with Gasteiger partial charge < -0.3 is 4.98 Å². The number of benzene rings is 1. The smallest absolute Gasteiger partial charge is 0.258 e. The van der Waals surface area contributed by atoms with Crippen molar-refractivity contribution in [2.75, 3.05) is 5.32 Å². The number of pyridine rings is 1. The van der Waals surface area contributed by atoms with Gasteiger partial charge >= 0.3 is 0 Å². The van der Waals surface area contributed by atoms with E-state index < -0.39 is 0 Å². The van der Waals surface area contributed by atoms with E-state index >= 15 is 0 Å². The molecular weight excluding hydrogens is 266 g/mol. The molecule has 4 aromatic rings. The van der Waals surface area contributed by atoms with Crippen molar-refractivity contribution >= 4 is 28.4 Å². The van der Waals surface area contributed by atoms with Gasteiger partial charge in [0.05, 0.1) is 29.1 Å². The Bertz CT molecular complexity index is 953. The minimum absolute atomic E-state index is 0.206. The third-order valence-electron chi connectivity index (χ3n) is 3.35. The quantitative estimate of drug-likeness (QED) is 0.591. The Morgan fingerprint density at radius 2 is 2.14 bits per heavy atom. The largest absolute Gasteiger partial charge is 0.345 e. The molecule has 0 saturated heterocycles. The molecule has 0 unspecified atom stereocenters. The highest BCUT2D eigenvalue weighted by atomic mass is 16.1. The number of amides is 1. The number of hydrogen-bond donors (Lipinski definition) is 2. The molecule has 0 aliphatic carbocycles. The molecule has 0 spiro atoms. The van der Waals surface area contributed by atoms with Crippen molar-refractivity contribution in [1.29, 1.82) is 0 Å². The maximum atomic E-state index is 12.3. The first-order chi connectivity index (χ1) is 10.3. The molecule has 6 nitrogen and oxygen atoms in total. The lowest BCUT2D eigenvalue weighted by Crippen LogP contribution is -2.14. The molecular formula is C15H11N5O. The van der Waals surface area contributed by atoms with Gasteiger partial charge in [-0.15, -0.1) is 0 Å². The average molecular weight is 277 g/mol.